The second-order valence-corrected chi connectivity index (χ2v) is 7.49. The lowest BCUT2D eigenvalue weighted by atomic mass is 9.91. The van der Waals surface area contributed by atoms with Crippen LogP contribution in [0.25, 0.3) is 42.1 Å². The van der Waals surface area contributed by atoms with Crippen molar-refractivity contribution >= 4 is 42.3 Å². The number of thiophene rings is 1. The molecule has 4 aromatic carbocycles. The molecule has 0 saturated carbocycles. The average molecular weight is 349 g/mol. The van der Waals surface area contributed by atoms with Gasteiger partial charge in [0.15, 0.2) is 0 Å². The van der Waals surface area contributed by atoms with Crippen LogP contribution in [0, 0.1) is 11.3 Å². The van der Waals surface area contributed by atoms with E-state index in [-0.39, 0.29) is 0 Å². The van der Waals surface area contributed by atoms with Crippen molar-refractivity contribution in [2.24, 2.45) is 0 Å². The topological polar surface area (TPSA) is 23.8 Å². The molecule has 1 aromatic heterocycles. The standard InChI is InChI=1S/C24H15NS/c25-15-14-17-13-12-16-6-1-2-7-18(16)23(17)21-10-5-9-20-19-8-3-4-11-22(19)26-24(20)21/h1-13H,14H2. The predicted molar refractivity (Wildman–Crippen MR) is 112 cm³/mol. The first kappa shape index (κ1) is 15.1. The van der Waals surface area contributed by atoms with E-state index in [0.717, 1.165) is 5.56 Å². The number of hydrogen-bond donors (Lipinski definition) is 0. The fourth-order valence-corrected chi connectivity index (χ4v) is 5.03. The van der Waals surface area contributed by atoms with E-state index in [1.54, 1.807) is 0 Å². The normalized spacial score (nSPS) is 11.2. The van der Waals surface area contributed by atoms with Crippen LogP contribution in [0.4, 0.5) is 0 Å². The highest BCUT2D eigenvalue weighted by Gasteiger charge is 2.15. The third-order valence-electron chi connectivity index (χ3n) is 4.96. The van der Waals surface area contributed by atoms with Gasteiger partial charge in [0.2, 0.25) is 0 Å². The average Bonchev–Trinajstić information content (AvgIpc) is 3.07. The van der Waals surface area contributed by atoms with Crippen molar-refractivity contribution in [2.75, 3.05) is 0 Å². The van der Waals surface area contributed by atoms with Crippen molar-refractivity contribution in [3.8, 4) is 17.2 Å². The van der Waals surface area contributed by atoms with E-state index < -0.39 is 0 Å². The van der Waals surface area contributed by atoms with E-state index in [1.165, 1.54) is 42.1 Å². The van der Waals surface area contributed by atoms with Gasteiger partial charge in [0.25, 0.3) is 0 Å². The molecule has 0 radical (unpaired) electrons. The third-order valence-corrected chi connectivity index (χ3v) is 6.18. The summed E-state index contributed by atoms with van der Waals surface area (Å²) in [5.41, 5.74) is 3.52. The van der Waals surface area contributed by atoms with Crippen LogP contribution < -0.4 is 0 Å². The highest BCUT2D eigenvalue weighted by atomic mass is 32.1. The molecule has 1 heterocycles. The molecule has 0 aliphatic heterocycles. The molecule has 0 saturated heterocycles. The van der Waals surface area contributed by atoms with E-state index in [4.69, 9.17) is 0 Å². The molecule has 0 spiro atoms. The van der Waals surface area contributed by atoms with Gasteiger partial charge in [-0.15, -0.1) is 11.3 Å². The molecule has 0 amide bonds. The molecule has 0 bridgehead atoms. The molecule has 0 unspecified atom stereocenters. The minimum atomic E-state index is 0.418. The van der Waals surface area contributed by atoms with E-state index in [2.05, 4.69) is 84.9 Å². The molecule has 1 nitrogen and oxygen atoms in total. The lowest BCUT2D eigenvalue weighted by molar-refractivity contribution is 1.27. The first-order valence-electron chi connectivity index (χ1n) is 8.65. The Morgan fingerprint density at radius 2 is 1.50 bits per heavy atom. The van der Waals surface area contributed by atoms with Gasteiger partial charge in [-0.2, -0.15) is 5.26 Å². The largest absolute Gasteiger partial charge is 0.198 e. The number of benzene rings is 4. The Kier molecular flexibility index (Phi) is 3.48. The van der Waals surface area contributed by atoms with Crippen molar-refractivity contribution in [3.05, 3.63) is 84.4 Å². The summed E-state index contributed by atoms with van der Waals surface area (Å²) in [5, 5.41) is 14.4. The van der Waals surface area contributed by atoms with Gasteiger partial charge in [-0.3, -0.25) is 0 Å². The maximum Gasteiger partial charge on any atom is 0.0669 e. The number of hydrogen-bond acceptors (Lipinski definition) is 2. The lowest BCUT2D eigenvalue weighted by Gasteiger charge is -2.13. The summed E-state index contributed by atoms with van der Waals surface area (Å²) in [6.45, 7) is 0. The van der Waals surface area contributed by atoms with E-state index in [0.29, 0.717) is 6.42 Å². The smallest absolute Gasteiger partial charge is 0.0669 e. The number of fused-ring (bicyclic) bond motifs is 4. The summed E-state index contributed by atoms with van der Waals surface area (Å²) >= 11 is 1.84. The Morgan fingerprint density at radius 3 is 2.38 bits per heavy atom. The SMILES string of the molecule is N#CCc1ccc2ccccc2c1-c1cccc2c1sc1ccccc12. The Labute approximate surface area is 155 Å². The molecule has 0 aliphatic rings. The Hall–Kier alpha value is -3.15. The van der Waals surface area contributed by atoms with Crippen molar-refractivity contribution in [2.45, 2.75) is 6.42 Å². The molecule has 0 fully saturated rings. The van der Waals surface area contributed by atoms with Crippen molar-refractivity contribution in [1.29, 1.82) is 5.26 Å². The molecule has 0 N–H and O–H groups in total. The number of rotatable bonds is 2. The number of nitrogens with zero attached hydrogens (tertiary/aromatic N) is 1. The van der Waals surface area contributed by atoms with Crippen molar-refractivity contribution in [1.82, 2.24) is 0 Å². The zero-order chi connectivity index (χ0) is 17.5. The summed E-state index contributed by atoms with van der Waals surface area (Å²) in [7, 11) is 0. The van der Waals surface area contributed by atoms with E-state index in [1.807, 2.05) is 11.3 Å². The van der Waals surface area contributed by atoms with Crippen LogP contribution in [0.2, 0.25) is 0 Å². The summed E-state index contributed by atoms with van der Waals surface area (Å²) in [6, 6.07) is 30.1. The third kappa shape index (κ3) is 2.22. The van der Waals surface area contributed by atoms with Gasteiger partial charge in [0.1, 0.15) is 0 Å². The predicted octanol–water partition coefficient (Wildman–Crippen LogP) is 6.94. The van der Waals surface area contributed by atoms with Gasteiger partial charge < -0.3 is 0 Å². The summed E-state index contributed by atoms with van der Waals surface area (Å²) < 4.78 is 2.60. The van der Waals surface area contributed by atoms with Gasteiger partial charge in [0.05, 0.1) is 12.5 Å². The minimum absolute atomic E-state index is 0.418. The first-order valence-corrected chi connectivity index (χ1v) is 9.46. The van der Waals surface area contributed by atoms with Gasteiger partial charge in [-0.05, 0) is 28.0 Å². The Bertz CT molecular complexity index is 1320. The molecule has 2 heteroatoms. The van der Waals surface area contributed by atoms with Crippen LogP contribution in [-0.4, -0.2) is 0 Å². The first-order chi connectivity index (χ1) is 12.9. The van der Waals surface area contributed by atoms with E-state index >= 15 is 0 Å². The zero-order valence-electron chi connectivity index (χ0n) is 14.1. The van der Waals surface area contributed by atoms with E-state index in [9.17, 15) is 5.26 Å². The van der Waals surface area contributed by atoms with Crippen LogP contribution in [0.3, 0.4) is 0 Å². The highest BCUT2D eigenvalue weighted by Crippen LogP contribution is 2.42. The molecular formula is C24H15NS. The quantitative estimate of drug-likeness (QED) is 0.338. The number of nitriles is 1. The molecule has 122 valence electrons. The second kappa shape index (κ2) is 5.98. The van der Waals surface area contributed by atoms with Crippen LogP contribution >= 0.6 is 11.3 Å². The van der Waals surface area contributed by atoms with Crippen molar-refractivity contribution in [3.63, 3.8) is 0 Å². The maximum atomic E-state index is 9.34. The van der Waals surface area contributed by atoms with Gasteiger partial charge in [-0.25, -0.2) is 0 Å². The maximum absolute atomic E-state index is 9.34. The molecule has 0 aliphatic carbocycles. The van der Waals surface area contributed by atoms with Gasteiger partial charge >= 0.3 is 0 Å². The monoisotopic (exact) mass is 349 g/mol. The van der Waals surface area contributed by atoms with Crippen molar-refractivity contribution < 1.29 is 0 Å². The second-order valence-electron chi connectivity index (χ2n) is 6.44. The van der Waals surface area contributed by atoms with Crippen LogP contribution in [0.15, 0.2) is 78.9 Å². The van der Waals surface area contributed by atoms with Crippen LogP contribution in [0.1, 0.15) is 5.56 Å². The lowest BCUT2D eigenvalue weighted by Crippen LogP contribution is -1.91. The van der Waals surface area contributed by atoms with Crippen LogP contribution in [-0.2, 0) is 6.42 Å². The fraction of sp³-hybridized carbons (Fsp3) is 0.0417. The van der Waals surface area contributed by atoms with Gasteiger partial charge in [-0.1, -0.05) is 72.8 Å². The minimum Gasteiger partial charge on any atom is -0.198 e. The van der Waals surface area contributed by atoms with Crippen LogP contribution in [0.5, 0.6) is 0 Å². The molecule has 0 atom stereocenters. The highest BCUT2D eigenvalue weighted by molar-refractivity contribution is 7.26. The summed E-state index contributed by atoms with van der Waals surface area (Å²) in [5.74, 6) is 0. The Balaban J connectivity index is 1.94. The Morgan fingerprint density at radius 1 is 0.731 bits per heavy atom. The molecule has 5 rings (SSSR count). The molecule has 5 aromatic rings. The zero-order valence-corrected chi connectivity index (χ0v) is 14.9. The fourth-order valence-electron chi connectivity index (χ4n) is 3.81. The molecular weight excluding hydrogens is 334 g/mol. The summed E-state index contributed by atoms with van der Waals surface area (Å²) in [4.78, 5) is 0. The molecule has 26 heavy (non-hydrogen) atoms. The van der Waals surface area contributed by atoms with Gasteiger partial charge in [0, 0.05) is 25.7 Å². The summed E-state index contributed by atoms with van der Waals surface area (Å²) in [6.07, 6.45) is 0.418.